The number of aliphatic carboxylic acids is 1. The van der Waals surface area contributed by atoms with E-state index >= 15 is 0 Å². The van der Waals surface area contributed by atoms with Gasteiger partial charge in [-0.05, 0) is 36.9 Å². The Balaban J connectivity index is 0.00000167. The molecule has 3 N–H and O–H groups in total. The molecule has 35 heavy (non-hydrogen) atoms. The molecule has 0 radical (unpaired) electrons. The molecule has 0 saturated heterocycles. The highest BCUT2D eigenvalue weighted by Gasteiger charge is 2.44. The zero-order valence-corrected chi connectivity index (χ0v) is 19.3. The van der Waals surface area contributed by atoms with Crippen molar-refractivity contribution in [2.45, 2.75) is 39.2 Å². The van der Waals surface area contributed by atoms with Gasteiger partial charge in [0, 0.05) is 23.4 Å². The first-order valence-electron chi connectivity index (χ1n) is 10.9. The van der Waals surface area contributed by atoms with Crippen LogP contribution in [0.15, 0.2) is 77.4 Å². The lowest BCUT2D eigenvalue weighted by Gasteiger charge is -2.30. The number of benzene rings is 1. The monoisotopic (exact) mass is 486 g/mol. The number of dihydropyridines is 1. The van der Waals surface area contributed by atoms with E-state index in [2.05, 4.69) is 15.6 Å². The van der Waals surface area contributed by atoms with Crippen LogP contribution in [-0.2, 0) is 4.79 Å². The number of nitrogens with zero attached hydrogens (tertiary/aromatic N) is 2. The van der Waals surface area contributed by atoms with Crippen molar-refractivity contribution >= 4 is 11.6 Å². The summed E-state index contributed by atoms with van der Waals surface area (Å²) in [7, 11) is 0. The van der Waals surface area contributed by atoms with E-state index in [0.29, 0.717) is 11.1 Å². The minimum absolute atomic E-state index is 0.172. The van der Waals surface area contributed by atoms with Crippen molar-refractivity contribution < 1.29 is 23.1 Å². The van der Waals surface area contributed by atoms with Gasteiger partial charge in [0.05, 0.1) is 11.3 Å². The Hall–Kier alpha value is -3.92. The molecule has 0 amide bonds. The number of alkyl halides is 3. The number of aryl methyl sites for hydroxylation is 1. The smallest absolute Gasteiger partial charge is 0.408 e. The predicted molar refractivity (Wildman–Crippen MR) is 127 cm³/mol. The van der Waals surface area contributed by atoms with Gasteiger partial charge in [-0.1, -0.05) is 44.2 Å². The van der Waals surface area contributed by atoms with Gasteiger partial charge in [-0.3, -0.25) is 14.5 Å². The van der Waals surface area contributed by atoms with E-state index in [4.69, 9.17) is 0 Å². The topological polar surface area (TPSA) is 95.7 Å². The van der Waals surface area contributed by atoms with Crippen LogP contribution in [0.25, 0.3) is 16.9 Å². The fourth-order valence-corrected chi connectivity index (χ4v) is 3.69. The third-order valence-electron chi connectivity index (χ3n) is 5.16. The van der Waals surface area contributed by atoms with Crippen LogP contribution in [0.3, 0.4) is 0 Å². The Kier molecular flexibility index (Phi) is 7.75. The predicted octanol–water partition coefficient (Wildman–Crippen LogP) is 4.34. The summed E-state index contributed by atoms with van der Waals surface area (Å²) in [5.41, 5.74) is -0.0527. The highest BCUT2D eigenvalue weighted by Crippen LogP contribution is 2.36. The number of halogens is 3. The molecule has 0 spiro atoms. The maximum absolute atomic E-state index is 14.3. The Morgan fingerprint density at radius 2 is 1.89 bits per heavy atom. The van der Waals surface area contributed by atoms with Crippen LogP contribution in [0.5, 0.6) is 0 Å². The molecule has 3 heterocycles. The SMILES string of the molecule is CC.Cc1cc(C(NC2NC=CC=C2C(=O)O)C(F)(F)F)c2nc(-c3ccccc3)cc(=O)n2c1. The van der Waals surface area contributed by atoms with Crippen molar-refractivity contribution in [2.75, 3.05) is 0 Å². The Morgan fingerprint density at radius 3 is 2.51 bits per heavy atom. The van der Waals surface area contributed by atoms with Crippen molar-refractivity contribution in [1.82, 2.24) is 20.0 Å². The molecule has 3 aromatic rings. The summed E-state index contributed by atoms with van der Waals surface area (Å²) in [6, 6.07) is 8.90. The molecular weight excluding hydrogens is 461 g/mol. The summed E-state index contributed by atoms with van der Waals surface area (Å²) in [4.78, 5) is 28.7. The van der Waals surface area contributed by atoms with E-state index in [1.165, 1.54) is 36.7 Å². The molecule has 4 rings (SSSR count). The number of hydrogen-bond donors (Lipinski definition) is 3. The van der Waals surface area contributed by atoms with Gasteiger partial charge in [0.1, 0.15) is 17.9 Å². The van der Waals surface area contributed by atoms with E-state index in [1.54, 1.807) is 37.3 Å². The number of carboxylic acids is 1. The van der Waals surface area contributed by atoms with E-state index < -0.39 is 29.9 Å². The molecule has 1 aliphatic heterocycles. The fourth-order valence-electron chi connectivity index (χ4n) is 3.69. The van der Waals surface area contributed by atoms with Crippen molar-refractivity contribution in [2.24, 2.45) is 0 Å². The second-order valence-corrected chi connectivity index (χ2v) is 7.54. The summed E-state index contributed by atoms with van der Waals surface area (Å²) in [5, 5.41) is 14.3. The van der Waals surface area contributed by atoms with Crippen LogP contribution in [0.2, 0.25) is 0 Å². The number of allylic oxidation sites excluding steroid dienone is 2. The lowest BCUT2D eigenvalue weighted by molar-refractivity contribution is -0.160. The minimum atomic E-state index is -4.82. The van der Waals surface area contributed by atoms with E-state index in [-0.39, 0.29) is 22.5 Å². The number of nitrogens with one attached hydrogen (secondary N) is 2. The summed E-state index contributed by atoms with van der Waals surface area (Å²) >= 11 is 0. The van der Waals surface area contributed by atoms with Gasteiger partial charge in [0.25, 0.3) is 5.56 Å². The quantitative estimate of drug-likeness (QED) is 0.497. The van der Waals surface area contributed by atoms with Gasteiger partial charge in [-0.2, -0.15) is 13.2 Å². The number of hydrogen-bond acceptors (Lipinski definition) is 5. The molecule has 1 aromatic carbocycles. The fraction of sp³-hybridized carbons (Fsp3) is 0.240. The largest absolute Gasteiger partial charge is 0.478 e. The highest BCUT2D eigenvalue weighted by molar-refractivity contribution is 5.88. The highest BCUT2D eigenvalue weighted by atomic mass is 19.4. The van der Waals surface area contributed by atoms with Gasteiger partial charge in [-0.25, -0.2) is 9.78 Å². The number of pyridine rings is 1. The molecule has 0 aliphatic carbocycles. The van der Waals surface area contributed by atoms with Gasteiger partial charge < -0.3 is 10.4 Å². The van der Waals surface area contributed by atoms with Gasteiger partial charge in [0.2, 0.25) is 0 Å². The van der Waals surface area contributed by atoms with Gasteiger partial charge in [-0.15, -0.1) is 0 Å². The number of carboxylic acid groups (broad SMARTS) is 1. The lowest BCUT2D eigenvalue weighted by Crippen LogP contribution is -2.49. The molecule has 2 aromatic heterocycles. The maximum atomic E-state index is 14.3. The summed E-state index contributed by atoms with van der Waals surface area (Å²) < 4.78 is 43.9. The number of fused-ring (bicyclic) bond motifs is 1. The third kappa shape index (κ3) is 5.60. The molecule has 2 unspecified atom stereocenters. The first-order chi connectivity index (χ1) is 16.6. The third-order valence-corrected chi connectivity index (χ3v) is 5.16. The van der Waals surface area contributed by atoms with E-state index in [9.17, 15) is 27.9 Å². The second kappa shape index (κ2) is 10.6. The van der Waals surface area contributed by atoms with Crippen LogP contribution in [0, 0.1) is 6.92 Å². The number of rotatable bonds is 5. The van der Waals surface area contributed by atoms with Gasteiger partial charge in [0.15, 0.2) is 0 Å². The van der Waals surface area contributed by atoms with Crippen molar-refractivity contribution in [3.05, 3.63) is 94.1 Å². The Morgan fingerprint density at radius 1 is 1.20 bits per heavy atom. The average molecular weight is 486 g/mol. The first-order valence-corrected chi connectivity index (χ1v) is 10.9. The van der Waals surface area contributed by atoms with Crippen LogP contribution >= 0.6 is 0 Å². The van der Waals surface area contributed by atoms with Crippen LogP contribution in [-0.4, -0.2) is 32.8 Å². The zero-order chi connectivity index (χ0) is 25.8. The standard InChI is InChI=1S/C23H19F3N4O3.C2H6/c1-13-10-16(19(23(24,25)26)29-20-15(22(32)33)8-5-9-27-20)21-28-17(11-18(31)30(21)12-13)14-6-3-2-4-7-14;1-2/h2-12,19-20,27,29H,1H3,(H,32,33);1-2H3. The lowest BCUT2D eigenvalue weighted by atomic mass is 10.0. The molecule has 0 fully saturated rings. The summed E-state index contributed by atoms with van der Waals surface area (Å²) in [6.07, 6.45) is -0.762. The minimum Gasteiger partial charge on any atom is -0.478 e. The Bertz CT molecular complexity index is 1330. The number of aromatic nitrogens is 2. The van der Waals surface area contributed by atoms with Crippen LogP contribution < -0.4 is 16.2 Å². The number of carbonyl (C=O) groups is 1. The molecule has 7 nitrogen and oxygen atoms in total. The summed E-state index contributed by atoms with van der Waals surface area (Å²) in [6.45, 7) is 5.57. The average Bonchev–Trinajstić information content (AvgIpc) is 2.84. The molecular formula is C25H25F3N4O3. The Labute approximate surface area is 199 Å². The zero-order valence-electron chi connectivity index (χ0n) is 19.3. The molecule has 1 aliphatic rings. The molecule has 0 saturated carbocycles. The van der Waals surface area contributed by atoms with Crippen LogP contribution in [0.4, 0.5) is 13.2 Å². The van der Waals surface area contributed by atoms with E-state index in [1.807, 2.05) is 13.8 Å². The molecule has 184 valence electrons. The van der Waals surface area contributed by atoms with Crippen LogP contribution in [0.1, 0.15) is 31.0 Å². The van der Waals surface area contributed by atoms with Crippen molar-refractivity contribution in [1.29, 1.82) is 0 Å². The first kappa shape index (κ1) is 25.7. The molecule has 2 atom stereocenters. The van der Waals surface area contributed by atoms with Gasteiger partial charge >= 0.3 is 12.1 Å². The van der Waals surface area contributed by atoms with Crippen molar-refractivity contribution in [3.63, 3.8) is 0 Å². The second-order valence-electron chi connectivity index (χ2n) is 7.54. The molecule has 10 heteroatoms. The van der Waals surface area contributed by atoms with E-state index in [0.717, 1.165) is 4.40 Å². The summed E-state index contributed by atoms with van der Waals surface area (Å²) in [5.74, 6) is -1.36. The normalized spacial score (nSPS) is 16.1. The van der Waals surface area contributed by atoms with Crippen molar-refractivity contribution in [3.8, 4) is 11.3 Å². The molecule has 0 bridgehead atoms. The maximum Gasteiger partial charge on any atom is 0.408 e.